The zero-order valence-corrected chi connectivity index (χ0v) is 16.8. The summed E-state index contributed by atoms with van der Waals surface area (Å²) in [6, 6.07) is 9.46. The van der Waals surface area contributed by atoms with Gasteiger partial charge in [-0.15, -0.1) is 0 Å². The maximum Gasteiger partial charge on any atom is 0.261 e. The number of nitrogens with zero attached hydrogens (tertiary/aromatic N) is 4. The highest BCUT2D eigenvalue weighted by Gasteiger charge is 2.18. The molecule has 0 atom stereocenters. The van der Waals surface area contributed by atoms with E-state index in [9.17, 15) is 4.79 Å². The number of anilines is 4. The molecule has 2 N–H and O–H groups in total. The standard InChI is InChI=1S/C21H24N6O2/c1-13-20(14(2)29-26-13)21(28)25-17-8-6-16(7-9-17)24-18-12-19(23-15(3)22-18)27-10-4-5-11-27/h6-9,12H,4-5,10-11H2,1-3H3,(H,25,28)(H,22,23,24). The van der Waals surface area contributed by atoms with Crippen LogP contribution < -0.4 is 15.5 Å². The van der Waals surface area contributed by atoms with Crippen molar-refractivity contribution in [1.82, 2.24) is 15.1 Å². The summed E-state index contributed by atoms with van der Waals surface area (Å²) in [7, 11) is 0. The van der Waals surface area contributed by atoms with E-state index >= 15 is 0 Å². The largest absolute Gasteiger partial charge is 0.361 e. The van der Waals surface area contributed by atoms with Gasteiger partial charge in [-0.1, -0.05) is 5.16 Å². The third-order valence-electron chi connectivity index (χ3n) is 4.93. The lowest BCUT2D eigenvalue weighted by atomic mass is 10.2. The van der Waals surface area contributed by atoms with Crippen LogP contribution in [0.15, 0.2) is 34.9 Å². The third-order valence-corrected chi connectivity index (χ3v) is 4.93. The summed E-state index contributed by atoms with van der Waals surface area (Å²) in [5, 5.41) is 10.0. The van der Waals surface area contributed by atoms with E-state index in [-0.39, 0.29) is 5.91 Å². The molecular formula is C21H24N6O2. The number of nitrogens with one attached hydrogen (secondary N) is 2. The van der Waals surface area contributed by atoms with Crippen molar-refractivity contribution >= 4 is 28.9 Å². The summed E-state index contributed by atoms with van der Waals surface area (Å²) in [5.41, 5.74) is 2.62. The van der Waals surface area contributed by atoms with Crippen molar-refractivity contribution in [3.8, 4) is 0 Å². The first-order chi connectivity index (χ1) is 14.0. The topological polar surface area (TPSA) is 96.2 Å². The number of rotatable bonds is 5. The Hall–Kier alpha value is -3.42. The van der Waals surface area contributed by atoms with E-state index in [1.54, 1.807) is 13.8 Å². The Balaban J connectivity index is 1.45. The molecule has 1 saturated heterocycles. The zero-order chi connectivity index (χ0) is 20.4. The summed E-state index contributed by atoms with van der Waals surface area (Å²) in [6.45, 7) is 7.45. The predicted octanol–water partition coefficient (Wildman–Crippen LogP) is 3.99. The minimum atomic E-state index is -0.233. The highest BCUT2D eigenvalue weighted by atomic mass is 16.5. The molecule has 4 rings (SSSR count). The molecule has 0 unspecified atom stereocenters. The Morgan fingerprint density at radius 3 is 2.38 bits per heavy atom. The number of aromatic nitrogens is 3. The van der Waals surface area contributed by atoms with Gasteiger partial charge in [0.1, 0.15) is 28.8 Å². The Kier molecular flexibility index (Phi) is 5.16. The molecule has 0 aliphatic carbocycles. The Morgan fingerprint density at radius 2 is 1.72 bits per heavy atom. The van der Waals surface area contributed by atoms with Crippen LogP contribution in [0.1, 0.15) is 40.5 Å². The lowest BCUT2D eigenvalue weighted by molar-refractivity contribution is 0.102. The molecule has 8 heteroatoms. The number of amides is 1. The minimum Gasteiger partial charge on any atom is -0.361 e. The van der Waals surface area contributed by atoms with Crippen LogP contribution in [0.4, 0.5) is 23.0 Å². The van der Waals surface area contributed by atoms with Crippen molar-refractivity contribution in [2.75, 3.05) is 28.6 Å². The molecule has 0 bridgehead atoms. The van der Waals surface area contributed by atoms with E-state index in [0.717, 1.165) is 36.2 Å². The van der Waals surface area contributed by atoms with Gasteiger partial charge in [-0.25, -0.2) is 9.97 Å². The molecule has 1 fully saturated rings. The average Bonchev–Trinajstić information content (AvgIpc) is 3.33. The van der Waals surface area contributed by atoms with Gasteiger partial charge in [0.05, 0.1) is 5.69 Å². The van der Waals surface area contributed by atoms with Crippen molar-refractivity contribution < 1.29 is 9.32 Å². The Labute approximate surface area is 169 Å². The van der Waals surface area contributed by atoms with Gasteiger partial charge in [-0.2, -0.15) is 0 Å². The highest BCUT2D eigenvalue weighted by molar-refractivity contribution is 6.05. The van der Waals surface area contributed by atoms with Crippen LogP contribution in [0.2, 0.25) is 0 Å². The maximum atomic E-state index is 12.4. The fourth-order valence-electron chi connectivity index (χ4n) is 3.51. The first-order valence-electron chi connectivity index (χ1n) is 9.71. The van der Waals surface area contributed by atoms with Crippen LogP contribution in [0, 0.1) is 20.8 Å². The third kappa shape index (κ3) is 4.21. The Bertz CT molecular complexity index is 1000. The molecule has 1 aliphatic heterocycles. The lowest BCUT2D eigenvalue weighted by Crippen LogP contribution is -2.19. The summed E-state index contributed by atoms with van der Waals surface area (Å²) >= 11 is 0. The molecule has 0 spiro atoms. The molecule has 8 nitrogen and oxygen atoms in total. The second-order valence-electron chi connectivity index (χ2n) is 7.21. The van der Waals surface area contributed by atoms with Gasteiger partial charge in [0.25, 0.3) is 5.91 Å². The van der Waals surface area contributed by atoms with E-state index < -0.39 is 0 Å². The van der Waals surface area contributed by atoms with Crippen molar-refractivity contribution in [3.05, 3.63) is 53.2 Å². The van der Waals surface area contributed by atoms with Gasteiger partial charge in [-0.3, -0.25) is 4.79 Å². The SMILES string of the molecule is Cc1nc(Nc2ccc(NC(=O)c3c(C)noc3C)cc2)cc(N2CCCC2)n1. The highest BCUT2D eigenvalue weighted by Crippen LogP contribution is 2.24. The van der Waals surface area contributed by atoms with Crippen molar-refractivity contribution in [1.29, 1.82) is 0 Å². The summed E-state index contributed by atoms with van der Waals surface area (Å²) < 4.78 is 5.06. The van der Waals surface area contributed by atoms with Crippen molar-refractivity contribution in [2.24, 2.45) is 0 Å². The van der Waals surface area contributed by atoms with Crippen molar-refractivity contribution in [2.45, 2.75) is 33.6 Å². The van der Waals surface area contributed by atoms with Crippen LogP contribution in [-0.2, 0) is 0 Å². The second kappa shape index (κ2) is 7.90. The normalized spacial score (nSPS) is 13.6. The van der Waals surface area contributed by atoms with Crippen LogP contribution in [0.5, 0.6) is 0 Å². The number of hydrogen-bond donors (Lipinski definition) is 2. The second-order valence-corrected chi connectivity index (χ2v) is 7.21. The molecular weight excluding hydrogens is 368 g/mol. The van der Waals surface area contributed by atoms with E-state index in [2.05, 4.69) is 30.7 Å². The molecule has 3 heterocycles. The van der Waals surface area contributed by atoms with Gasteiger partial charge >= 0.3 is 0 Å². The molecule has 2 aromatic heterocycles. The van der Waals surface area contributed by atoms with Crippen LogP contribution >= 0.6 is 0 Å². The van der Waals surface area contributed by atoms with Crippen LogP contribution in [-0.4, -0.2) is 34.1 Å². The fourth-order valence-corrected chi connectivity index (χ4v) is 3.51. The molecule has 150 valence electrons. The number of carbonyl (C=O) groups excluding carboxylic acids is 1. The molecule has 1 amide bonds. The van der Waals surface area contributed by atoms with Crippen molar-refractivity contribution in [3.63, 3.8) is 0 Å². The fraction of sp³-hybridized carbons (Fsp3) is 0.333. The van der Waals surface area contributed by atoms with Gasteiger partial charge < -0.3 is 20.1 Å². The molecule has 0 saturated carbocycles. The van der Waals surface area contributed by atoms with Crippen LogP contribution in [0.3, 0.4) is 0 Å². The van der Waals surface area contributed by atoms with Gasteiger partial charge in [0.15, 0.2) is 0 Å². The summed E-state index contributed by atoms with van der Waals surface area (Å²) in [6.07, 6.45) is 2.40. The summed E-state index contributed by atoms with van der Waals surface area (Å²) in [4.78, 5) is 23.8. The molecule has 0 radical (unpaired) electrons. The number of aryl methyl sites for hydroxylation is 3. The summed E-state index contributed by atoms with van der Waals surface area (Å²) in [5.74, 6) is 2.72. The van der Waals surface area contributed by atoms with Gasteiger partial charge in [-0.05, 0) is 57.9 Å². The van der Waals surface area contributed by atoms with E-state index in [1.807, 2.05) is 37.3 Å². The van der Waals surface area contributed by atoms with E-state index in [1.165, 1.54) is 12.8 Å². The maximum absolute atomic E-state index is 12.4. The first kappa shape index (κ1) is 18.9. The minimum absolute atomic E-state index is 0.233. The van der Waals surface area contributed by atoms with Crippen LogP contribution in [0.25, 0.3) is 0 Å². The lowest BCUT2D eigenvalue weighted by Gasteiger charge is -2.18. The monoisotopic (exact) mass is 392 g/mol. The number of benzene rings is 1. The number of hydrogen-bond acceptors (Lipinski definition) is 7. The molecule has 3 aromatic rings. The zero-order valence-electron chi connectivity index (χ0n) is 16.8. The quantitative estimate of drug-likeness (QED) is 0.678. The smallest absolute Gasteiger partial charge is 0.261 e. The molecule has 1 aliphatic rings. The average molecular weight is 392 g/mol. The molecule has 1 aromatic carbocycles. The van der Waals surface area contributed by atoms with E-state index in [4.69, 9.17) is 4.52 Å². The van der Waals surface area contributed by atoms with Gasteiger partial charge in [0.2, 0.25) is 0 Å². The van der Waals surface area contributed by atoms with E-state index in [0.29, 0.717) is 22.7 Å². The Morgan fingerprint density at radius 1 is 1.03 bits per heavy atom. The molecule has 29 heavy (non-hydrogen) atoms. The number of carbonyl (C=O) groups is 1. The van der Waals surface area contributed by atoms with Gasteiger partial charge in [0, 0.05) is 30.5 Å². The first-order valence-corrected chi connectivity index (χ1v) is 9.71. The predicted molar refractivity (Wildman–Crippen MR) is 112 cm³/mol.